The van der Waals surface area contributed by atoms with Crippen LogP contribution in [0.15, 0.2) is 28.1 Å². The van der Waals surface area contributed by atoms with Crippen LogP contribution in [0, 0.1) is 0 Å². The van der Waals surface area contributed by atoms with Crippen molar-refractivity contribution >= 4 is 29.6 Å². The molecule has 1 rings (SSSR count). The van der Waals surface area contributed by atoms with Gasteiger partial charge in [-0.3, -0.25) is 4.99 Å². The number of allylic oxidation sites excluding steroid dienone is 1. The fourth-order valence-electron chi connectivity index (χ4n) is 1.55. The van der Waals surface area contributed by atoms with Gasteiger partial charge in [0.15, 0.2) is 0 Å². The first-order valence-electron chi connectivity index (χ1n) is 6.37. The standard InChI is InChI=1S/C14H20N2O2S/c1-2-11(9-12-5-4-8-19-12)10-16-13(14(17)18)6-3-7-15/h4-5,8-10,13H,2-3,6-7,15H2,1H3,(H,17,18)/b11-9+,16-10?/t13-/m0/s1. The van der Waals surface area contributed by atoms with Crippen LogP contribution in [0.3, 0.4) is 0 Å². The van der Waals surface area contributed by atoms with Gasteiger partial charge in [0, 0.05) is 11.1 Å². The molecule has 4 nitrogen and oxygen atoms in total. The minimum absolute atomic E-state index is 0.484. The number of rotatable bonds is 8. The Hall–Kier alpha value is -1.46. The second-order valence-corrected chi connectivity index (χ2v) is 5.13. The number of thiophene rings is 1. The number of nitrogens with two attached hydrogens (primary N) is 1. The molecule has 0 fully saturated rings. The molecule has 0 aliphatic carbocycles. The Labute approximate surface area is 117 Å². The molecule has 0 amide bonds. The van der Waals surface area contributed by atoms with Crippen molar-refractivity contribution in [2.45, 2.75) is 32.2 Å². The summed E-state index contributed by atoms with van der Waals surface area (Å²) in [5.41, 5.74) is 6.42. The van der Waals surface area contributed by atoms with Crippen molar-refractivity contribution in [2.24, 2.45) is 10.7 Å². The van der Waals surface area contributed by atoms with Gasteiger partial charge in [-0.15, -0.1) is 11.3 Å². The van der Waals surface area contributed by atoms with E-state index in [0.717, 1.165) is 16.9 Å². The third-order valence-electron chi connectivity index (χ3n) is 2.67. The van der Waals surface area contributed by atoms with Crippen molar-refractivity contribution in [1.29, 1.82) is 0 Å². The Kier molecular flexibility index (Phi) is 7.07. The summed E-state index contributed by atoms with van der Waals surface area (Å²) in [5, 5.41) is 11.1. The second kappa shape index (κ2) is 8.61. The predicted molar refractivity (Wildman–Crippen MR) is 80.8 cm³/mol. The maximum atomic E-state index is 11.1. The average Bonchev–Trinajstić information content (AvgIpc) is 2.89. The molecule has 104 valence electrons. The number of aliphatic carboxylic acids is 1. The van der Waals surface area contributed by atoms with Gasteiger partial charge in [-0.25, -0.2) is 4.79 Å². The molecule has 0 bridgehead atoms. The molecule has 5 heteroatoms. The van der Waals surface area contributed by atoms with Crippen molar-refractivity contribution in [2.75, 3.05) is 6.54 Å². The van der Waals surface area contributed by atoms with Crippen molar-refractivity contribution in [3.05, 3.63) is 28.0 Å². The largest absolute Gasteiger partial charge is 0.480 e. The SMILES string of the molecule is CC/C(C=N[C@@H](CCCN)C(=O)O)=C\c1cccs1. The van der Waals surface area contributed by atoms with E-state index in [1.807, 2.05) is 30.5 Å². The minimum atomic E-state index is -0.892. The molecule has 1 atom stereocenters. The molecule has 1 aromatic heterocycles. The summed E-state index contributed by atoms with van der Waals surface area (Å²) in [6.07, 6.45) is 5.69. The number of nitrogens with zero attached hydrogens (tertiary/aromatic N) is 1. The topological polar surface area (TPSA) is 75.7 Å². The molecule has 0 saturated heterocycles. The summed E-state index contributed by atoms with van der Waals surface area (Å²) in [7, 11) is 0. The highest BCUT2D eigenvalue weighted by Gasteiger charge is 2.14. The van der Waals surface area contributed by atoms with E-state index in [1.165, 1.54) is 0 Å². The monoisotopic (exact) mass is 280 g/mol. The van der Waals surface area contributed by atoms with Crippen LogP contribution >= 0.6 is 11.3 Å². The summed E-state index contributed by atoms with van der Waals surface area (Å²) < 4.78 is 0. The predicted octanol–water partition coefficient (Wildman–Crippen LogP) is 2.80. The Morgan fingerprint density at radius 2 is 2.42 bits per heavy atom. The summed E-state index contributed by atoms with van der Waals surface area (Å²) in [6, 6.07) is 3.32. The van der Waals surface area contributed by atoms with Gasteiger partial charge >= 0.3 is 5.97 Å². The fraction of sp³-hybridized carbons (Fsp3) is 0.429. The molecule has 0 radical (unpaired) electrons. The van der Waals surface area contributed by atoms with E-state index in [4.69, 9.17) is 10.8 Å². The summed E-state index contributed by atoms with van der Waals surface area (Å²) in [5.74, 6) is -0.892. The third-order valence-corrected chi connectivity index (χ3v) is 3.49. The molecular weight excluding hydrogens is 260 g/mol. The molecule has 0 spiro atoms. The van der Waals surface area contributed by atoms with E-state index in [9.17, 15) is 4.79 Å². The van der Waals surface area contributed by atoms with Gasteiger partial charge in [0.2, 0.25) is 0 Å². The van der Waals surface area contributed by atoms with E-state index >= 15 is 0 Å². The molecule has 0 aliphatic heterocycles. The highest BCUT2D eigenvalue weighted by molar-refractivity contribution is 7.10. The first-order chi connectivity index (χ1) is 9.17. The van der Waals surface area contributed by atoms with Gasteiger partial charge in [0.1, 0.15) is 6.04 Å². The zero-order chi connectivity index (χ0) is 14.1. The molecule has 0 unspecified atom stereocenters. The van der Waals surface area contributed by atoms with Crippen molar-refractivity contribution in [1.82, 2.24) is 0 Å². The highest BCUT2D eigenvalue weighted by Crippen LogP contribution is 2.14. The van der Waals surface area contributed by atoms with Crippen molar-refractivity contribution in [3.8, 4) is 0 Å². The quantitative estimate of drug-likeness (QED) is 0.719. The molecule has 19 heavy (non-hydrogen) atoms. The van der Waals surface area contributed by atoms with E-state index in [-0.39, 0.29) is 0 Å². The van der Waals surface area contributed by atoms with E-state index in [0.29, 0.717) is 19.4 Å². The lowest BCUT2D eigenvalue weighted by Crippen LogP contribution is -2.19. The van der Waals surface area contributed by atoms with Gasteiger partial charge in [-0.2, -0.15) is 0 Å². The van der Waals surface area contributed by atoms with E-state index in [2.05, 4.69) is 4.99 Å². The molecular formula is C14H20N2O2S. The Morgan fingerprint density at radius 3 is 2.95 bits per heavy atom. The van der Waals surface area contributed by atoms with Gasteiger partial charge < -0.3 is 10.8 Å². The lowest BCUT2D eigenvalue weighted by atomic mass is 10.1. The van der Waals surface area contributed by atoms with E-state index in [1.54, 1.807) is 17.6 Å². The molecule has 0 saturated carbocycles. The maximum absolute atomic E-state index is 11.1. The number of carbonyl (C=O) groups is 1. The number of carboxylic acids is 1. The summed E-state index contributed by atoms with van der Waals surface area (Å²) in [6.45, 7) is 2.52. The maximum Gasteiger partial charge on any atom is 0.328 e. The van der Waals surface area contributed by atoms with Crippen molar-refractivity contribution < 1.29 is 9.90 Å². The summed E-state index contributed by atoms with van der Waals surface area (Å²) >= 11 is 1.65. The first-order valence-corrected chi connectivity index (χ1v) is 7.25. The van der Waals surface area contributed by atoms with Crippen LogP contribution < -0.4 is 5.73 Å². The van der Waals surface area contributed by atoms with Crippen LogP contribution in [-0.2, 0) is 4.79 Å². The van der Waals surface area contributed by atoms with Gasteiger partial charge in [-0.1, -0.05) is 13.0 Å². The van der Waals surface area contributed by atoms with Gasteiger partial charge in [-0.05, 0) is 48.9 Å². The Balaban J connectivity index is 2.72. The molecule has 0 aliphatic rings. The normalized spacial score (nSPS) is 13.9. The fourth-order valence-corrected chi connectivity index (χ4v) is 2.24. The zero-order valence-electron chi connectivity index (χ0n) is 11.1. The number of hydrogen-bond acceptors (Lipinski definition) is 4. The summed E-state index contributed by atoms with van der Waals surface area (Å²) in [4.78, 5) is 16.4. The lowest BCUT2D eigenvalue weighted by molar-refractivity contribution is -0.138. The molecule has 0 aromatic carbocycles. The number of aliphatic imine (C=N–C) groups is 1. The Morgan fingerprint density at radius 1 is 1.63 bits per heavy atom. The van der Waals surface area contributed by atoms with Crippen LogP contribution in [0.4, 0.5) is 0 Å². The second-order valence-electron chi connectivity index (χ2n) is 4.15. The lowest BCUT2D eigenvalue weighted by Gasteiger charge is -2.06. The minimum Gasteiger partial charge on any atom is -0.480 e. The van der Waals surface area contributed by atoms with Crippen LogP contribution in [0.2, 0.25) is 0 Å². The van der Waals surface area contributed by atoms with Crippen molar-refractivity contribution in [3.63, 3.8) is 0 Å². The highest BCUT2D eigenvalue weighted by atomic mass is 32.1. The van der Waals surface area contributed by atoms with Crippen LogP contribution in [0.1, 0.15) is 31.1 Å². The number of hydrogen-bond donors (Lipinski definition) is 2. The molecule has 1 aromatic rings. The van der Waals surface area contributed by atoms with Gasteiger partial charge in [0.05, 0.1) is 0 Å². The van der Waals surface area contributed by atoms with Crippen LogP contribution in [-0.4, -0.2) is 29.9 Å². The van der Waals surface area contributed by atoms with E-state index < -0.39 is 12.0 Å². The molecule has 3 N–H and O–H groups in total. The van der Waals surface area contributed by atoms with Crippen LogP contribution in [0.25, 0.3) is 6.08 Å². The smallest absolute Gasteiger partial charge is 0.328 e. The van der Waals surface area contributed by atoms with Crippen LogP contribution in [0.5, 0.6) is 0 Å². The zero-order valence-corrected chi connectivity index (χ0v) is 11.9. The third kappa shape index (κ3) is 5.81. The Bertz CT molecular complexity index is 438. The number of carboxylic acid groups (broad SMARTS) is 1. The first kappa shape index (κ1) is 15.6. The molecule has 1 heterocycles. The average molecular weight is 280 g/mol. The van der Waals surface area contributed by atoms with Gasteiger partial charge in [0.25, 0.3) is 0 Å².